The summed E-state index contributed by atoms with van der Waals surface area (Å²) >= 11 is 1.40. The number of furan rings is 1. The van der Waals surface area contributed by atoms with Crippen molar-refractivity contribution in [2.45, 2.75) is 30.2 Å². The van der Waals surface area contributed by atoms with Crippen LogP contribution in [0.3, 0.4) is 0 Å². The van der Waals surface area contributed by atoms with E-state index in [1.165, 1.54) is 18.0 Å². The summed E-state index contributed by atoms with van der Waals surface area (Å²) in [7, 11) is 0. The number of Topliss-reactive ketones (excluding diaryl/α,β-unsaturated/α-hetero) is 1. The normalized spacial score (nSPS) is 24.4. The Morgan fingerprint density at radius 3 is 2.97 bits per heavy atom. The molecular weight excluding hydrogens is 394 g/mol. The largest absolute Gasteiger partial charge is 0.453 e. The lowest BCUT2D eigenvalue weighted by molar-refractivity contribution is -0.132. The Kier molecular flexibility index (Phi) is 5.54. The number of carbonyl (C=O) groups is 3. The summed E-state index contributed by atoms with van der Waals surface area (Å²) in [5, 5.41) is 7.21. The molecule has 4 N–H and O–H groups in total. The number of benzene rings is 1. The second-order valence-corrected chi connectivity index (χ2v) is 8.05. The molecule has 9 nitrogen and oxygen atoms in total. The van der Waals surface area contributed by atoms with Crippen molar-refractivity contribution in [3.05, 3.63) is 36.1 Å². The van der Waals surface area contributed by atoms with Gasteiger partial charge in [0.1, 0.15) is 11.6 Å². The lowest BCUT2D eigenvalue weighted by Crippen LogP contribution is -2.51. The number of likely N-dealkylation sites (tertiary alicyclic amines) is 1. The van der Waals surface area contributed by atoms with Gasteiger partial charge < -0.3 is 15.1 Å². The van der Waals surface area contributed by atoms with Gasteiger partial charge in [0.05, 0.1) is 11.3 Å². The predicted molar refractivity (Wildman–Crippen MR) is 110 cm³/mol. The van der Waals surface area contributed by atoms with E-state index in [0.717, 1.165) is 18.2 Å². The standard InChI is InChI=1S/C19H21N5O4S/c20-19(27)23-22-9-12-5-3-7-24(12)18(26)15-17(29-10-21-15)16(25)14-8-11-4-1-2-6-13(11)28-14/h1-2,4,6,8-9,12,15,17,21H,3,5,7,10H2,(H3,20,23,27)/t12-,15-,17?/m0/s1. The number of ketones is 1. The van der Waals surface area contributed by atoms with Crippen molar-refractivity contribution in [1.29, 1.82) is 0 Å². The van der Waals surface area contributed by atoms with Crippen LogP contribution in [-0.2, 0) is 4.79 Å². The van der Waals surface area contributed by atoms with Crippen molar-refractivity contribution in [3.63, 3.8) is 0 Å². The number of rotatable bonds is 5. The fraction of sp³-hybridized carbons (Fsp3) is 0.368. The van der Waals surface area contributed by atoms with E-state index < -0.39 is 17.3 Å². The number of thioether (sulfide) groups is 1. The lowest BCUT2D eigenvalue weighted by atomic mass is 10.1. The van der Waals surface area contributed by atoms with Gasteiger partial charge in [0.2, 0.25) is 11.7 Å². The van der Waals surface area contributed by atoms with E-state index in [9.17, 15) is 14.4 Å². The van der Waals surface area contributed by atoms with Crippen molar-refractivity contribution in [3.8, 4) is 0 Å². The summed E-state index contributed by atoms with van der Waals surface area (Å²) < 4.78 is 5.70. The van der Waals surface area contributed by atoms with Crippen molar-refractivity contribution in [1.82, 2.24) is 15.6 Å². The second-order valence-electron chi connectivity index (χ2n) is 6.92. The molecule has 0 radical (unpaired) electrons. The fourth-order valence-corrected chi connectivity index (χ4v) is 4.83. The number of fused-ring (bicyclic) bond motifs is 1. The van der Waals surface area contributed by atoms with Gasteiger partial charge in [-0.1, -0.05) is 18.2 Å². The van der Waals surface area contributed by atoms with E-state index in [4.69, 9.17) is 10.2 Å². The molecule has 2 aromatic rings. The molecule has 3 amide bonds. The first-order valence-corrected chi connectivity index (χ1v) is 10.4. The Balaban J connectivity index is 1.49. The maximum Gasteiger partial charge on any atom is 0.332 e. The predicted octanol–water partition coefficient (Wildman–Crippen LogP) is 1.29. The van der Waals surface area contributed by atoms with Crippen molar-refractivity contribution in [2.24, 2.45) is 10.8 Å². The molecule has 152 valence electrons. The molecule has 0 aliphatic carbocycles. The number of nitrogens with zero attached hydrogens (tertiary/aromatic N) is 2. The molecule has 0 saturated carbocycles. The topological polar surface area (TPSA) is 130 Å². The molecule has 1 aromatic heterocycles. The Labute approximate surface area is 171 Å². The summed E-state index contributed by atoms with van der Waals surface area (Å²) in [4.78, 5) is 38.7. The molecule has 4 rings (SSSR count). The maximum absolute atomic E-state index is 13.2. The molecule has 2 fully saturated rings. The number of hydrazone groups is 1. The number of carbonyl (C=O) groups excluding carboxylic acids is 3. The van der Waals surface area contributed by atoms with Gasteiger partial charge >= 0.3 is 6.03 Å². The minimum atomic E-state index is -0.762. The van der Waals surface area contributed by atoms with Crippen molar-refractivity contribution >= 4 is 46.7 Å². The Morgan fingerprint density at radius 2 is 2.17 bits per heavy atom. The van der Waals surface area contributed by atoms with Crippen LogP contribution in [0.15, 0.2) is 39.9 Å². The summed E-state index contributed by atoms with van der Waals surface area (Å²) in [6.45, 7) is 0.570. The highest BCUT2D eigenvalue weighted by molar-refractivity contribution is 8.00. The number of primary amides is 1. The molecule has 2 aliphatic heterocycles. The van der Waals surface area contributed by atoms with Gasteiger partial charge in [-0.2, -0.15) is 5.10 Å². The zero-order valence-corrected chi connectivity index (χ0v) is 16.4. The number of amides is 3. The Hall–Kier alpha value is -2.85. The van der Waals surface area contributed by atoms with Gasteiger partial charge in [-0.15, -0.1) is 11.8 Å². The van der Waals surface area contributed by atoms with Crippen LogP contribution in [0.1, 0.15) is 23.4 Å². The zero-order valence-electron chi connectivity index (χ0n) is 15.5. The van der Waals surface area contributed by atoms with E-state index in [2.05, 4.69) is 15.8 Å². The molecule has 2 saturated heterocycles. The minimum absolute atomic E-state index is 0.155. The summed E-state index contributed by atoms with van der Waals surface area (Å²) in [5.41, 5.74) is 7.79. The molecular formula is C19H21N5O4S. The van der Waals surface area contributed by atoms with E-state index in [1.54, 1.807) is 11.0 Å². The number of hydrogen-bond acceptors (Lipinski definition) is 7. The van der Waals surface area contributed by atoms with E-state index in [0.29, 0.717) is 18.0 Å². The lowest BCUT2D eigenvalue weighted by Gasteiger charge is -2.26. The Morgan fingerprint density at radius 1 is 1.34 bits per heavy atom. The first-order valence-electron chi connectivity index (χ1n) is 9.31. The van der Waals surface area contributed by atoms with Crippen LogP contribution >= 0.6 is 11.8 Å². The number of nitrogens with one attached hydrogen (secondary N) is 2. The molecule has 0 bridgehead atoms. The van der Waals surface area contributed by atoms with Crippen molar-refractivity contribution < 1.29 is 18.8 Å². The van der Waals surface area contributed by atoms with Gasteiger partial charge in [0.25, 0.3) is 0 Å². The highest BCUT2D eigenvalue weighted by atomic mass is 32.2. The van der Waals surface area contributed by atoms with Gasteiger partial charge in [0, 0.05) is 24.0 Å². The van der Waals surface area contributed by atoms with Gasteiger partial charge in [-0.25, -0.2) is 10.2 Å². The monoisotopic (exact) mass is 415 g/mol. The minimum Gasteiger partial charge on any atom is -0.453 e. The maximum atomic E-state index is 13.2. The third-order valence-corrected chi connectivity index (χ3v) is 6.24. The summed E-state index contributed by atoms with van der Waals surface area (Å²) in [6.07, 6.45) is 3.06. The van der Waals surface area contributed by atoms with Crippen LogP contribution in [0.2, 0.25) is 0 Å². The fourth-order valence-electron chi connectivity index (χ4n) is 3.70. The van der Waals surface area contributed by atoms with E-state index in [1.807, 2.05) is 24.3 Å². The second kappa shape index (κ2) is 8.26. The third kappa shape index (κ3) is 3.99. The highest BCUT2D eigenvalue weighted by Crippen LogP contribution is 2.30. The highest BCUT2D eigenvalue weighted by Gasteiger charge is 2.43. The summed E-state index contributed by atoms with van der Waals surface area (Å²) in [6, 6.07) is 7.49. The van der Waals surface area contributed by atoms with E-state index in [-0.39, 0.29) is 23.5 Å². The molecule has 2 aliphatic rings. The molecule has 3 atom stereocenters. The van der Waals surface area contributed by atoms with Crippen LogP contribution in [0, 0.1) is 0 Å². The summed E-state index contributed by atoms with van der Waals surface area (Å²) in [5.74, 6) is 0.408. The number of urea groups is 1. The smallest absolute Gasteiger partial charge is 0.332 e. The van der Waals surface area contributed by atoms with Gasteiger partial charge in [0.15, 0.2) is 5.76 Å². The molecule has 1 aromatic carbocycles. The molecule has 10 heteroatoms. The zero-order chi connectivity index (χ0) is 20.4. The number of hydrogen-bond donors (Lipinski definition) is 3. The van der Waals surface area contributed by atoms with Crippen LogP contribution in [0.25, 0.3) is 11.0 Å². The number of nitrogens with two attached hydrogens (primary N) is 1. The SMILES string of the molecule is NC(=O)NN=C[C@@H]1CCCN1C(=O)[C@H]1NCSC1C(=O)c1cc2ccccc2o1. The van der Waals surface area contributed by atoms with Gasteiger partial charge in [-0.3, -0.25) is 14.9 Å². The van der Waals surface area contributed by atoms with Crippen LogP contribution in [-0.4, -0.2) is 58.6 Å². The van der Waals surface area contributed by atoms with Crippen LogP contribution in [0.4, 0.5) is 4.79 Å². The van der Waals surface area contributed by atoms with E-state index >= 15 is 0 Å². The first-order chi connectivity index (χ1) is 14.0. The van der Waals surface area contributed by atoms with Gasteiger partial charge in [-0.05, 0) is 25.0 Å². The van der Waals surface area contributed by atoms with Crippen LogP contribution in [0.5, 0.6) is 0 Å². The average molecular weight is 415 g/mol. The third-order valence-electron chi connectivity index (χ3n) is 5.07. The number of para-hydroxylation sites is 1. The molecule has 29 heavy (non-hydrogen) atoms. The Bertz CT molecular complexity index is 941. The first kappa shape index (κ1) is 19.5. The molecule has 3 heterocycles. The quantitative estimate of drug-likeness (QED) is 0.383. The van der Waals surface area contributed by atoms with Crippen molar-refractivity contribution in [2.75, 3.05) is 12.4 Å². The molecule has 0 spiro atoms. The van der Waals surface area contributed by atoms with Crippen LogP contribution < -0.4 is 16.5 Å². The molecule has 1 unspecified atom stereocenters. The average Bonchev–Trinajstić information content (AvgIpc) is 3.44.